The number of nitrogens with zero attached hydrogens (tertiary/aromatic N) is 1. The Bertz CT molecular complexity index is 613. The van der Waals surface area contributed by atoms with E-state index in [1.54, 1.807) is 11.1 Å². The Morgan fingerprint density at radius 1 is 0.727 bits per heavy atom. The summed E-state index contributed by atoms with van der Waals surface area (Å²) in [5.74, 6) is 0. The number of aromatic nitrogens is 1. The maximum Gasteiger partial charge on any atom is 0.0711 e. The van der Waals surface area contributed by atoms with E-state index in [-0.39, 0.29) is 0 Å². The molecule has 0 unspecified atom stereocenters. The fourth-order valence-corrected chi connectivity index (χ4v) is 3.56. The van der Waals surface area contributed by atoms with E-state index in [2.05, 4.69) is 45.9 Å². The molecule has 0 radical (unpaired) electrons. The lowest BCUT2D eigenvalue weighted by molar-refractivity contribution is 0.808. The van der Waals surface area contributed by atoms with Crippen molar-refractivity contribution in [3.63, 3.8) is 0 Å². The molecule has 0 saturated heterocycles. The second-order valence-corrected chi connectivity index (χ2v) is 6.33. The highest BCUT2D eigenvalue weighted by Gasteiger charge is 2.15. The van der Waals surface area contributed by atoms with Crippen LogP contribution in [0.5, 0.6) is 0 Å². The SMILES string of the molecule is CCCc1nc2cccc(CCC)c2c(CCC)c1CCC. The third kappa shape index (κ3) is 3.51. The van der Waals surface area contributed by atoms with E-state index in [4.69, 9.17) is 4.98 Å². The molecule has 0 atom stereocenters. The fourth-order valence-electron chi connectivity index (χ4n) is 3.56. The van der Waals surface area contributed by atoms with Crippen molar-refractivity contribution < 1.29 is 0 Å². The van der Waals surface area contributed by atoms with Crippen LogP contribution >= 0.6 is 0 Å². The monoisotopic (exact) mass is 297 g/mol. The molecule has 2 aromatic rings. The van der Waals surface area contributed by atoms with Crippen molar-refractivity contribution in [2.75, 3.05) is 0 Å². The van der Waals surface area contributed by atoms with Gasteiger partial charge in [0.2, 0.25) is 0 Å². The molecule has 1 aromatic carbocycles. The first kappa shape index (κ1) is 17.0. The summed E-state index contributed by atoms with van der Waals surface area (Å²) in [6.45, 7) is 9.11. The first-order chi connectivity index (χ1) is 10.8. The minimum Gasteiger partial charge on any atom is -0.253 e. The fraction of sp³-hybridized carbons (Fsp3) is 0.571. The zero-order chi connectivity index (χ0) is 15.9. The number of benzene rings is 1. The van der Waals surface area contributed by atoms with Crippen molar-refractivity contribution in [2.24, 2.45) is 0 Å². The Kier molecular flexibility index (Phi) is 6.42. The summed E-state index contributed by atoms with van der Waals surface area (Å²) in [5.41, 5.74) is 7.23. The molecule has 0 saturated carbocycles. The molecule has 1 heterocycles. The van der Waals surface area contributed by atoms with Gasteiger partial charge in [-0.25, -0.2) is 0 Å². The first-order valence-electron chi connectivity index (χ1n) is 9.18. The summed E-state index contributed by atoms with van der Waals surface area (Å²) in [4.78, 5) is 5.07. The van der Waals surface area contributed by atoms with Gasteiger partial charge in [-0.05, 0) is 48.4 Å². The molecule has 2 rings (SSSR count). The molecule has 0 fully saturated rings. The number of hydrogen-bond donors (Lipinski definition) is 0. The van der Waals surface area contributed by atoms with Crippen LogP contribution in [0.4, 0.5) is 0 Å². The topological polar surface area (TPSA) is 12.9 Å². The van der Waals surface area contributed by atoms with Crippen LogP contribution in [0.15, 0.2) is 18.2 Å². The molecule has 22 heavy (non-hydrogen) atoms. The summed E-state index contributed by atoms with van der Waals surface area (Å²) < 4.78 is 0. The third-order valence-corrected chi connectivity index (χ3v) is 4.40. The van der Waals surface area contributed by atoms with Crippen LogP contribution in [0.2, 0.25) is 0 Å². The van der Waals surface area contributed by atoms with Gasteiger partial charge in [-0.1, -0.05) is 65.5 Å². The molecule has 0 amide bonds. The van der Waals surface area contributed by atoms with Gasteiger partial charge in [-0.2, -0.15) is 0 Å². The van der Waals surface area contributed by atoms with E-state index in [1.165, 1.54) is 60.7 Å². The van der Waals surface area contributed by atoms with Gasteiger partial charge in [0.25, 0.3) is 0 Å². The van der Waals surface area contributed by atoms with Crippen LogP contribution in [-0.2, 0) is 25.7 Å². The highest BCUT2D eigenvalue weighted by Crippen LogP contribution is 2.30. The smallest absolute Gasteiger partial charge is 0.0711 e. The number of rotatable bonds is 8. The molecule has 0 aliphatic heterocycles. The molecular weight excluding hydrogens is 266 g/mol. The molecule has 120 valence electrons. The lowest BCUT2D eigenvalue weighted by Gasteiger charge is -2.19. The Morgan fingerprint density at radius 2 is 1.36 bits per heavy atom. The van der Waals surface area contributed by atoms with Crippen LogP contribution in [0.25, 0.3) is 10.9 Å². The zero-order valence-electron chi connectivity index (χ0n) is 14.8. The molecule has 1 heteroatoms. The molecule has 0 N–H and O–H groups in total. The molecule has 1 aromatic heterocycles. The van der Waals surface area contributed by atoms with Gasteiger partial charge in [0.1, 0.15) is 0 Å². The molecule has 0 aliphatic rings. The lowest BCUT2D eigenvalue weighted by atomic mass is 9.89. The first-order valence-corrected chi connectivity index (χ1v) is 9.18. The van der Waals surface area contributed by atoms with Gasteiger partial charge in [0, 0.05) is 11.1 Å². The van der Waals surface area contributed by atoms with E-state index < -0.39 is 0 Å². The van der Waals surface area contributed by atoms with Gasteiger partial charge in [0.05, 0.1) is 5.52 Å². The molecular formula is C21H31N. The zero-order valence-corrected chi connectivity index (χ0v) is 14.8. The van der Waals surface area contributed by atoms with Crippen LogP contribution in [0, 0.1) is 0 Å². The predicted octanol–water partition coefficient (Wildman–Crippen LogP) is 6.04. The summed E-state index contributed by atoms with van der Waals surface area (Å²) >= 11 is 0. The summed E-state index contributed by atoms with van der Waals surface area (Å²) in [5, 5.41) is 1.47. The predicted molar refractivity (Wildman–Crippen MR) is 97.7 cm³/mol. The largest absolute Gasteiger partial charge is 0.253 e. The van der Waals surface area contributed by atoms with Crippen LogP contribution in [0.1, 0.15) is 75.8 Å². The molecule has 0 aliphatic carbocycles. The molecule has 0 bridgehead atoms. The van der Waals surface area contributed by atoms with Gasteiger partial charge in [-0.15, -0.1) is 0 Å². The summed E-state index contributed by atoms with van der Waals surface area (Å²) in [7, 11) is 0. The van der Waals surface area contributed by atoms with Crippen molar-refractivity contribution in [1.82, 2.24) is 4.98 Å². The number of aryl methyl sites for hydroxylation is 3. The van der Waals surface area contributed by atoms with Crippen LogP contribution < -0.4 is 0 Å². The van der Waals surface area contributed by atoms with E-state index in [0.29, 0.717) is 0 Å². The van der Waals surface area contributed by atoms with Crippen molar-refractivity contribution >= 4 is 10.9 Å². The average Bonchev–Trinajstić information content (AvgIpc) is 2.51. The minimum absolute atomic E-state index is 1.11. The Morgan fingerprint density at radius 3 is 2.00 bits per heavy atom. The van der Waals surface area contributed by atoms with Gasteiger partial charge in [0.15, 0.2) is 0 Å². The highest BCUT2D eigenvalue weighted by molar-refractivity contribution is 5.87. The normalized spacial score (nSPS) is 11.3. The molecule has 0 spiro atoms. The minimum atomic E-state index is 1.11. The van der Waals surface area contributed by atoms with E-state index in [1.807, 2.05) is 0 Å². The maximum atomic E-state index is 5.07. The second kappa shape index (κ2) is 8.31. The number of pyridine rings is 1. The van der Waals surface area contributed by atoms with E-state index in [0.717, 1.165) is 12.8 Å². The highest BCUT2D eigenvalue weighted by atomic mass is 14.7. The van der Waals surface area contributed by atoms with Crippen molar-refractivity contribution in [1.29, 1.82) is 0 Å². The Hall–Kier alpha value is -1.37. The van der Waals surface area contributed by atoms with Gasteiger partial charge in [-0.3, -0.25) is 4.98 Å². The standard InChI is InChI=1S/C21H31N/c1-5-10-16-14-9-15-20-21(16)18(12-7-3)17(11-6-2)19(22-20)13-8-4/h9,14-15H,5-8,10-13H2,1-4H3. The summed E-state index contributed by atoms with van der Waals surface area (Å²) in [6, 6.07) is 6.70. The van der Waals surface area contributed by atoms with E-state index >= 15 is 0 Å². The van der Waals surface area contributed by atoms with Crippen molar-refractivity contribution in [3.8, 4) is 0 Å². The second-order valence-electron chi connectivity index (χ2n) is 6.33. The quantitative estimate of drug-likeness (QED) is 0.578. The Labute approximate surface area is 136 Å². The number of hydrogen-bond acceptors (Lipinski definition) is 1. The van der Waals surface area contributed by atoms with Crippen molar-refractivity contribution in [3.05, 3.63) is 40.6 Å². The average molecular weight is 297 g/mol. The van der Waals surface area contributed by atoms with Crippen molar-refractivity contribution in [2.45, 2.75) is 79.1 Å². The lowest BCUT2D eigenvalue weighted by Crippen LogP contribution is -2.06. The summed E-state index contributed by atoms with van der Waals surface area (Å²) in [6.07, 6.45) is 9.42. The Balaban J connectivity index is 2.75. The van der Waals surface area contributed by atoms with Crippen LogP contribution in [0.3, 0.4) is 0 Å². The van der Waals surface area contributed by atoms with Gasteiger partial charge >= 0.3 is 0 Å². The van der Waals surface area contributed by atoms with Crippen LogP contribution in [-0.4, -0.2) is 4.98 Å². The van der Waals surface area contributed by atoms with Gasteiger partial charge < -0.3 is 0 Å². The number of fused-ring (bicyclic) bond motifs is 1. The maximum absolute atomic E-state index is 5.07. The third-order valence-electron chi connectivity index (χ3n) is 4.40. The van der Waals surface area contributed by atoms with E-state index in [9.17, 15) is 0 Å². The molecule has 1 nitrogen and oxygen atoms in total.